The van der Waals surface area contributed by atoms with E-state index in [9.17, 15) is 4.39 Å². The molecule has 2 rings (SSSR count). The number of hydrogen-bond donors (Lipinski definition) is 1. The van der Waals surface area contributed by atoms with Gasteiger partial charge in [-0.05, 0) is 18.2 Å². The predicted molar refractivity (Wildman–Crippen MR) is 45.8 cm³/mol. The summed E-state index contributed by atoms with van der Waals surface area (Å²) in [4.78, 5) is 0. The maximum absolute atomic E-state index is 13.2. The quantitative estimate of drug-likeness (QED) is 0.728. The third-order valence-electron chi connectivity index (χ3n) is 1.78. The lowest BCUT2D eigenvalue weighted by Gasteiger charge is -1.99. The molecule has 2 nitrogen and oxygen atoms in total. The van der Waals surface area contributed by atoms with Crippen molar-refractivity contribution in [2.75, 3.05) is 0 Å². The van der Waals surface area contributed by atoms with Crippen molar-refractivity contribution in [3.8, 4) is 16.9 Å². The predicted octanol–water partition coefficient (Wildman–Crippen LogP) is 2.79. The van der Waals surface area contributed by atoms with Gasteiger partial charge in [0.15, 0.2) is 0 Å². The number of benzene rings is 1. The van der Waals surface area contributed by atoms with E-state index < -0.39 is 5.82 Å². The van der Waals surface area contributed by atoms with Crippen LogP contribution in [0.1, 0.15) is 0 Å². The van der Waals surface area contributed by atoms with Crippen LogP contribution < -0.4 is 0 Å². The molecular formula is C10H7FO2. The van der Waals surface area contributed by atoms with E-state index in [2.05, 4.69) is 0 Å². The van der Waals surface area contributed by atoms with Crippen molar-refractivity contribution in [1.29, 1.82) is 0 Å². The van der Waals surface area contributed by atoms with Crippen molar-refractivity contribution >= 4 is 0 Å². The first-order valence-corrected chi connectivity index (χ1v) is 3.78. The standard InChI is InChI=1S/C10H7FO2/c11-10-5-8(12)1-2-9(10)7-3-4-13-6-7/h1-6,12H. The Kier molecular flexibility index (Phi) is 1.77. The van der Waals surface area contributed by atoms with Crippen LogP contribution in [0.25, 0.3) is 11.1 Å². The van der Waals surface area contributed by atoms with E-state index in [4.69, 9.17) is 9.52 Å². The number of hydrogen-bond acceptors (Lipinski definition) is 2. The summed E-state index contributed by atoms with van der Waals surface area (Å²) in [6, 6.07) is 5.68. The fourth-order valence-electron chi connectivity index (χ4n) is 1.16. The van der Waals surface area contributed by atoms with E-state index in [1.165, 1.54) is 24.7 Å². The Bertz CT molecular complexity index is 407. The van der Waals surface area contributed by atoms with Gasteiger partial charge >= 0.3 is 0 Å². The van der Waals surface area contributed by atoms with Gasteiger partial charge in [-0.15, -0.1) is 0 Å². The first-order chi connectivity index (χ1) is 6.27. The molecule has 0 saturated heterocycles. The normalized spacial score (nSPS) is 10.2. The highest BCUT2D eigenvalue weighted by molar-refractivity contribution is 5.63. The van der Waals surface area contributed by atoms with E-state index >= 15 is 0 Å². The second-order valence-electron chi connectivity index (χ2n) is 2.68. The largest absolute Gasteiger partial charge is 0.508 e. The zero-order valence-corrected chi connectivity index (χ0v) is 6.70. The van der Waals surface area contributed by atoms with Crippen LogP contribution in [0.5, 0.6) is 5.75 Å². The van der Waals surface area contributed by atoms with Crippen LogP contribution in [-0.2, 0) is 0 Å². The third-order valence-corrected chi connectivity index (χ3v) is 1.78. The third kappa shape index (κ3) is 1.40. The molecule has 1 N–H and O–H groups in total. The Morgan fingerprint density at radius 3 is 2.69 bits per heavy atom. The first-order valence-electron chi connectivity index (χ1n) is 3.78. The van der Waals surface area contributed by atoms with Gasteiger partial charge in [0.25, 0.3) is 0 Å². The molecule has 0 atom stereocenters. The average molecular weight is 178 g/mol. The number of halogens is 1. The second kappa shape index (κ2) is 2.94. The van der Waals surface area contributed by atoms with E-state index in [1.807, 2.05) is 0 Å². The first kappa shape index (κ1) is 7.86. The fourth-order valence-corrected chi connectivity index (χ4v) is 1.16. The minimum atomic E-state index is -0.457. The summed E-state index contributed by atoms with van der Waals surface area (Å²) in [7, 11) is 0. The van der Waals surface area contributed by atoms with Gasteiger partial charge in [0.2, 0.25) is 0 Å². The molecule has 0 aliphatic heterocycles. The summed E-state index contributed by atoms with van der Waals surface area (Å²) in [5.74, 6) is -0.536. The van der Waals surface area contributed by atoms with Crippen LogP contribution >= 0.6 is 0 Å². The molecular weight excluding hydrogens is 171 g/mol. The molecule has 0 unspecified atom stereocenters. The number of rotatable bonds is 1. The lowest BCUT2D eigenvalue weighted by molar-refractivity contribution is 0.469. The van der Waals surface area contributed by atoms with Crippen molar-refractivity contribution in [1.82, 2.24) is 0 Å². The van der Waals surface area contributed by atoms with Gasteiger partial charge in [-0.3, -0.25) is 0 Å². The Morgan fingerprint density at radius 1 is 1.23 bits per heavy atom. The Hall–Kier alpha value is -1.77. The second-order valence-corrected chi connectivity index (χ2v) is 2.68. The van der Waals surface area contributed by atoms with Crippen molar-refractivity contribution in [3.05, 3.63) is 42.6 Å². The molecule has 0 fully saturated rings. The highest BCUT2D eigenvalue weighted by Crippen LogP contribution is 2.25. The van der Waals surface area contributed by atoms with Crippen LogP contribution in [0.2, 0.25) is 0 Å². The molecule has 1 aromatic heterocycles. The number of phenols is 1. The maximum Gasteiger partial charge on any atom is 0.134 e. The summed E-state index contributed by atoms with van der Waals surface area (Å²) >= 11 is 0. The molecule has 13 heavy (non-hydrogen) atoms. The van der Waals surface area contributed by atoms with Crippen LogP contribution in [0.3, 0.4) is 0 Å². The molecule has 1 aromatic carbocycles. The zero-order chi connectivity index (χ0) is 9.26. The average Bonchev–Trinajstić information content (AvgIpc) is 2.56. The number of phenolic OH excluding ortho intramolecular Hbond substituents is 1. The molecule has 0 bridgehead atoms. The van der Waals surface area contributed by atoms with Gasteiger partial charge in [-0.2, -0.15) is 0 Å². The molecule has 0 amide bonds. The Labute approximate surface area is 74.2 Å². The van der Waals surface area contributed by atoms with Crippen molar-refractivity contribution < 1.29 is 13.9 Å². The summed E-state index contributed by atoms with van der Waals surface area (Å²) in [6.45, 7) is 0. The minimum Gasteiger partial charge on any atom is -0.508 e. The Morgan fingerprint density at radius 2 is 2.08 bits per heavy atom. The monoisotopic (exact) mass is 178 g/mol. The topological polar surface area (TPSA) is 33.4 Å². The van der Waals surface area contributed by atoms with Gasteiger partial charge in [0.05, 0.1) is 12.5 Å². The fraction of sp³-hybridized carbons (Fsp3) is 0. The minimum absolute atomic E-state index is 0.0789. The highest BCUT2D eigenvalue weighted by atomic mass is 19.1. The van der Waals surface area contributed by atoms with Crippen LogP contribution in [0, 0.1) is 5.82 Å². The van der Waals surface area contributed by atoms with E-state index in [0.29, 0.717) is 11.1 Å². The molecule has 2 aromatic rings. The lowest BCUT2D eigenvalue weighted by Crippen LogP contribution is -1.80. The van der Waals surface area contributed by atoms with Crippen molar-refractivity contribution in [2.24, 2.45) is 0 Å². The molecule has 0 aliphatic carbocycles. The van der Waals surface area contributed by atoms with E-state index in [0.717, 1.165) is 6.07 Å². The summed E-state index contributed by atoms with van der Waals surface area (Å²) < 4.78 is 18.0. The van der Waals surface area contributed by atoms with Crippen LogP contribution in [0.15, 0.2) is 41.2 Å². The van der Waals surface area contributed by atoms with E-state index in [-0.39, 0.29) is 5.75 Å². The number of aromatic hydroxyl groups is 1. The molecule has 0 saturated carbocycles. The van der Waals surface area contributed by atoms with Crippen LogP contribution in [-0.4, -0.2) is 5.11 Å². The maximum atomic E-state index is 13.2. The molecule has 1 heterocycles. The number of furan rings is 1. The Balaban J connectivity index is 2.53. The smallest absolute Gasteiger partial charge is 0.134 e. The molecule has 0 spiro atoms. The molecule has 3 heteroatoms. The molecule has 0 radical (unpaired) electrons. The summed E-state index contributed by atoms with van der Waals surface area (Å²) in [5.41, 5.74) is 1.09. The van der Waals surface area contributed by atoms with Gasteiger partial charge in [0.1, 0.15) is 11.6 Å². The molecule has 66 valence electrons. The van der Waals surface area contributed by atoms with Crippen molar-refractivity contribution in [3.63, 3.8) is 0 Å². The lowest BCUT2D eigenvalue weighted by atomic mass is 10.1. The van der Waals surface area contributed by atoms with Crippen molar-refractivity contribution in [2.45, 2.75) is 0 Å². The van der Waals surface area contributed by atoms with Gasteiger partial charge in [-0.25, -0.2) is 4.39 Å². The van der Waals surface area contributed by atoms with Gasteiger partial charge < -0.3 is 9.52 Å². The SMILES string of the molecule is Oc1ccc(-c2ccoc2)c(F)c1. The van der Waals surface area contributed by atoms with Gasteiger partial charge in [-0.1, -0.05) is 0 Å². The highest BCUT2D eigenvalue weighted by Gasteiger charge is 2.06. The summed E-state index contributed by atoms with van der Waals surface area (Å²) in [5, 5.41) is 8.97. The van der Waals surface area contributed by atoms with Crippen LogP contribution in [0.4, 0.5) is 4.39 Å². The molecule has 0 aliphatic rings. The summed E-state index contributed by atoms with van der Waals surface area (Å²) in [6.07, 6.45) is 2.93. The zero-order valence-electron chi connectivity index (χ0n) is 6.70. The van der Waals surface area contributed by atoms with E-state index in [1.54, 1.807) is 6.07 Å². The van der Waals surface area contributed by atoms with Gasteiger partial charge in [0, 0.05) is 17.2 Å².